The van der Waals surface area contributed by atoms with E-state index < -0.39 is 0 Å². The van der Waals surface area contributed by atoms with E-state index in [-0.39, 0.29) is 0 Å². The van der Waals surface area contributed by atoms with Gasteiger partial charge in [0.25, 0.3) is 0 Å². The molecule has 1 aliphatic rings. The first-order valence-corrected chi connectivity index (χ1v) is 8.13. The van der Waals surface area contributed by atoms with Crippen LogP contribution in [-0.2, 0) is 0 Å². The predicted molar refractivity (Wildman–Crippen MR) is 94.5 cm³/mol. The predicted octanol–water partition coefficient (Wildman–Crippen LogP) is 2.16. The van der Waals surface area contributed by atoms with Crippen molar-refractivity contribution < 1.29 is 9.47 Å². The Morgan fingerprint density at radius 3 is 2.61 bits per heavy atom. The van der Waals surface area contributed by atoms with Crippen LogP contribution in [0.1, 0.15) is 19.8 Å². The van der Waals surface area contributed by atoms with Gasteiger partial charge in [0, 0.05) is 18.3 Å². The van der Waals surface area contributed by atoms with Crippen LogP contribution in [0.15, 0.2) is 23.2 Å². The van der Waals surface area contributed by atoms with Gasteiger partial charge in [0.05, 0.1) is 20.8 Å². The molecular weight excluding hydrogens is 292 g/mol. The molecule has 1 heterocycles. The maximum absolute atomic E-state index is 5.95. The molecule has 0 spiro atoms. The molecule has 6 heteroatoms. The van der Waals surface area contributed by atoms with Crippen molar-refractivity contribution >= 4 is 11.6 Å². The number of hydrogen-bond acceptors (Lipinski definition) is 4. The highest BCUT2D eigenvalue weighted by Gasteiger charge is 2.14. The third-order valence-electron chi connectivity index (χ3n) is 4.23. The van der Waals surface area contributed by atoms with Gasteiger partial charge >= 0.3 is 0 Å². The number of anilines is 1. The molecule has 1 aromatic carbocycles. The number of methoxy groups -OCH3 is 2. The van der Waals surface area contributed by atoms with Crippen LogP contribution in [0.25, 0.3) is 0 Å². The molecular formula is C17H28N4O2. The molecule has 1 fully saturated rings. The molecule has 0 radical (unpaired) electrons. The van der Waals surface area contributed by atoms with Gasteiger partial charge in [-0.1, -0.05) is 6.92 Å². The fraction of sp³-hybridized carbons (Fsp3) is 0.588. The first-order chi connectivity index (χ1) is 11.1. The molecule has 0 aromatic heterocycles. The second-order valence-corrected chi connectivity index (χ2v) is 5.99. The molecule has 6 nitrogen and oxygen atoms in total. The second kappa shape index (κ2) is 8.62. The number of likely N-dealkylation sites (tertiary alicyclic amines) is 1. The number of hydrogen-bond donors (Lipinski definition) is 2. The van der Waals surface area contributed by atoms with Gasteiger partial charge in [-0.05, 0) is 44.0 Å². The number of benzene rings is 1. The van der Waals surface area contributed by atoms with E-state index in [1.54, 1.807) is 14.2 Å². The summed E-state index contributed by atoms with van der Waals surface area (Å²) in [5.74, 6) is 2.62. The average molecular weight is 320 g/mol. The Bertz CT molecular complexity index is 525. The molecule has 0 atom stereocenters. The summed E-state index contributed by atoms with van der Waals surface area (Å²) >= 11 is 0. The lowest BCUT2D eigenvalue weighted by molar-refractivity contribution is 0.197. The van der Waals surface area contributed by atoms with Crippen molar-refractivity contribution in [3.63, 3.8) is 0 Å². The van der Waals surface area contributed by atoms with E-state index in [2.05, 4.69) is 22.1 Å². The topological polar surface area (TPSA) is 72.1 Å². The molecule has 2 rings (SSSR count). The highest BCUT2D eigenvalue weighted by Crippen LogP contribution is 2.29. The number of aliphatic imine (C=N–C) groups is 1. The van der Waals surface area contributed by atoms with Crippen LogP contribution in [0.5, 0.6) is 11.5 Å². The standard InChI is InChI=1S/C17H28N4O2/c1-13-6-9-21(10-7-13)11-8-19-17(18)20-14-4-5-15(22-2)16(12-14)23-3/h4-5,12-13H,6-11H2,1-3H3,(H3,18,19,20). The Morgan fingerprint density at radius 2 is 1.96 bits per heavy atom. The van der Waals surface area contributed by atoms with E-state index in [1.807, 2.05) is 18.2 Å². The van der Waals surface area contributed by atoms with Crippen molar-refractivity contribution in [2.45, 2.75) is 19.8 Å². The third-order valence-corrected chi connectivity index (χ3v) is 4.23. The van der Waals surface area contributed by atoms with Crippen LogP contribution in [-0.4, -0.2) is 51.3 Å². The summed E-state index contributed by atoms with van der Waals surface area (Å²) in [4.78, 5) is 6.85. The molecule has 0 unspecified atom stereocenters. The molecule has 1 aromatic rings. The van der Waals surface area contributed by atoms with Gasteiger partial charge in [-0.3, -0.25) is 4.99 Å². The number of nitrogens with zero attached hydrogens (tertiary/aromatic N) is 2. The Labute approximate surface area is 138 Å². The highest BCUT2D eigenvalue weighted by atomic mass is 16.5. The summed E-state index contributed by atoms with van der Waals surface area (Å²) < 4.78 is 10.5. The first kappa shape index (κ1) is 17.4. The summed E-state index contributed by atoms with van der Waals surface area (Å²) in [6.45, 7) is 6.32. The van der Waals surface area contributed by atoms with Crippen LogP contribution in [0.4, 0.5) is 5.69 Å². The quantitative estimate of drug-likeness (QED) is 0.621. The zero-order valence-electron chi connectivity index (χ0n) is 14.3. The van der Waals surface area contributed by atoms with Crippen molar-refractivity contribution in [3.05, 3.63) is 18.2 Å². The highest BCUT2D eigenvalue weighted by molar-refractivity contribution is 5.92. The smallest absolute Gasteiger partial charge is 0.193 e. The number of guanidine groups is 1. The van der Waals surface area contributed by atoms with Gasteiger partial charge in [0.2, 0.25) is 0 Å². The second-order valence-electron chi connectivity index (χ2n) is 5.99. The Hall–Kier alpha value is -1.95. The maximum atomic E-state index is 5.95. The van der Waals surface area contributed by atoms with Crippen molar-refractivity contribution in [2.24, 2.45) is 16.6 Å². The first-order valence-electron chi connectivity index (χ1n) is 8.13. The minimum absolute atomic E-state index is 0.419. The molecule has 0 aliphatic carbocycles. The van der Waals surface area contributed by atoms with Crippen molar-refractivity contribution in [2.75, 3.05) is 45.7 Å². The number of nitrogens with two attached hydrogens (primary N) is 1. The normalized spacial score (nSPS) is 17.1. The SMILES string of the molecule is COc1ccc(NC(N)=NCCN2CCC(C)CC2)cc1OC. The lowest BCUT2D eigenvalue weighted by Crippen LogP contribution is -2.35. The number of nitrogens with one attached hydrogen (secondary N) is 1. The molecule has 0 amide bonds. The van der Waals surface area contributed by atoms with Crippen LogP contribution in [0.2, 0.25) is 0 Å². The van der Waals surface area contributed by atoms with Crippen molar-refractivity contribution in [1.82, 2.24) is 4.90 Å². The molecule has 1 saturated heterocycles. The maximum Gasteiger partial charge on any atom is 0.193 e. The monoisotopic (exact) mass is 320 g/mol. The Morgan fingerprint density at radius 1 is 1.26 bits per heavy atom. The Balaban J connectivity index is 1.82. The van der Waals surface area contributed by atoms with Gasteiger partial charge < -0.3 is 25.4 Å². The molecule has 0 bridgehead atoms. The third kappa shape index (κ3) is 5.32. The van der Waals surface area contributed by atoms with E-state index in [9.17, 15) is 0 Å². The van der Waals surface area contributed by atoms with Crippen molar-refractivity contribution in [1.29, 1.82) is 0 Å². The van der Waals surface area contributed by atoms with Gasteiger partial charge in [-0.2, -0.15) is 0 Å². The summed E-state index contributed by atoms with van der Waals surface area (Å²) in [5, 5.41) is 3.09. The zero-order valence-corrected chi connectivity index (χ0v) is 14.3. The van der Waals surface area contributed by atoms with Crippen LogP contribution >= 0.6 is 0 Å². The van der Waals surface area contributed by atoms with E-state index in [1.165, 1.54) is 25.9 Å². The van der Waals surface area contributed by atoms with Gasteiger partial charge in [-0.15, -0.1) is 0 Å². The number of rotatable bonds is 6. The largest absolute Gasteiger partial charge is 0.493 e. The van der Waals surface area contributed by atoms with E-state index >= 15 is 0 Å². The van der Waals surface area contributed by atoms with E-state index in [0.29, 0.717) is 24.0 Å². The molecule has 0 saturated carbocycles. The zero-order chi connectivity index (χ0) is 16.7. The summed E-state index contributed by atoms with van der Waals surface area (Å²) in [7, 11) is 3.22. The average Bonchev–Trinajstić information content (AvgIpc) is 2.56. The van der Waals surface area contributed by atoms with Crippen LogP contribution < -0.4 is 20.5 Å². The Kier molecular flexibility index (Phi) is 6.52. The minimum atomic E-state index is 0.419. The van der Waals surface area contributed by atoms with Crippen molar-refractivity contribution in [3.8, 4) is 11.5 Å². The fourth-order valence-electron chi connectivity index (χ4n) is 2.70. The minimum Gasteiger partial charge on any atom is -0.493 e. The van der Waals surface area contributed by atoms with Crippen LogP contribution in [0.3, 0.4) is 0 Å². The van der Waals surface area contributed by atoms with E-state index in [0.717, 1.165) is 18.2 Å². The molecule has 23 heavy (non-hydrogen) atoms. The number of piperidine rings is 1. The molecule has 128 valence electrons. The number of ether oxygens (including phenoxy) is 2. The summed E-state index contributed by atoms with van der Waals surface area (Å²) in [6.07, 6.45) is 2.56. The van der Waals surface area contributed by atoms with Crippen LogP contribution in [0, 0.1) is 5.92 Å². The lowest BCUT2D eigenvalue weighted by Gasteiger charge is -2.29. The molecule has 1 aliphatic heterocycles. The van der Waals surface area contributed by atoms with Gasteiger partial charge in [0.1, 0.15) is 0 Å². The van der Waals surface area contributed by atoms with Gasteiger partial charge in [-0.25, -0.2) is 0 Å². The van der Waals surface area contributed by atoms with E-state index in [4.69, 9.17) is 15.2 Å². The van der Waals surface area contributed by atoms with Gasteiger partial charge in [0.15, 0.2) is 17.5 Å². The molecule has 3 N–H and O–H groups in total. The summed E-state index contributed by atoms with van der Waals surface area (Å²) in [6, 6.07) is 5.56. The lowest BCUT2D eigenvalue weighted by atomic mass is 9.99. The fourth-order valence-corrected chi connectivity index (χ4v) is 2.70. The summed E-state index contributed by atoms with van der Waals surface area (Å²) in [5.41, 5.74) is 6.78.